The summed E-state index contributed by atoms with van der Waals surface area (Å²) >= 11 is 6.01. The van der Waals surface area contributed by atoms with Crippen LogP contribution in [0, 0.1) is 5.92 Å². The van der Waals surface area contributed by atoms with Crippen LogP contribution in [0.2, 0.25) is 5.15 Å². The third-order valence-corrected chi connectivity index (χ3v) is 3.95. The zero-order chi connectivity index (χ0) is 15.2. The van der Waals surface area contributed by atoms with E-state index in [0.29, 0.717) is 16.5 Å². The number of aromatic nitrogens is 1. The quantitative estimate of drug-likeness (QED) is 0.717. The second-order valence-electron chi connectivity index (χ2n) is 5.75. The molecule has 2 rings (SSSR count). The predicted molar refractivity (Wildman–Crippen MR) is 86.9 cm³/mol. The van der Waals surface area contributed by atoms with Gasteiger partial charge in [0.2, 0.25) is 0 Å². The number of halogens is 1. The SMILES string of the molecule is CCCNc1cc(C(=O)NC(CC)CC2CC2)cc(Cl)n1. The van der Waals surface area contributed by atoms with Gasteiger partial charge in [0.1, 0.15) is 11.0 Å². The fourth-order valence-corrected chi connectivity index (χ4v) is 2.53. The van der Waals surface area contributed by atoms with E-state index in [1.165, 1.54) is 12.8 Å². The first-order valence-electron chi connectivity index (χ1n) is 7.84. The minimum Gasteiger partial charge on any atom is -0.370 e. The van der Waals surface area contributed by atoms with E-state index in [1.807, 2.05) is 0 Å². The molecule has 21 heavy (non-hydrogen) atoms. The van der Waals surface area contributed by atoms with Gasteiger partial charge in [-0.2, -0.15) is 0 Å². The Morgan fingerprint density at radius 2 is 2.19 bits per heavy atom. The van der Waals surface area contributed by atoms with Crippen molar-refractivity contribution in [3.63, 3.8) is 0 Å². The van der Waals surface area contributed by atoms with E-state index >= 15 is 0 Å². The molecule has 116 valence electrons. The van der Waals surface area contributed by atoms with Gasteiger partial charge in [-0.25, -0.2) is 4.98 Å². The first-order valence-corrected chi connectivity index (χ1v) is 8.22. The lowest BCUT2D eigenvalue weighted by molar-refractivity contribution is 0.0932. The Morgan fingerprint density at radius 3 is 2.81 bits per heavy atom. The predicted octanol–water partition coefficient (Wildman–Crippen LogP) is 3.87. The van der Waals surface area contributed by atoms with E-state index in [1.54, 1.807) is 12.1 Å². The van der Waals surface area contributed by atoms with Crippen molar-refractivity contribution in [3.05, 3.63) is 22.8 Å². The van der Waals surface area contributed by atoms with Crippen molar-refractivity contribution in [2.24, 2.45) is 5.92 Å². The molecule has 5 heteroatoms. The van der Waals surface area contributed by atoms with E-state index in [2.05, 4.69) is 29.5 Å². The fourth-order valence-electron chi connectivity index (χ4n) is 2.32. The van der Waals surface area contributed by atoms with Crippen molar-refractivity contribution in [2.45, 2.75) is 52.0 Å². The molecule has 2 N–H and O–H groups in total. The first-order chi connectivity index (χ1) is 10.1. The van der Waals surface area contributed by atoms with Crippen LogP contribution in [0.25, 0.3) is 0 Å². The number of nitrogens with one attached hydrogen (secondary N) is 2. The second-order valence-corrected chi connectivity index (χ2v) is 6.14. The molecule has 0 aromatic carbocycles. The average Bonchev–Trinajstić information content (AvgIpc) is 3.27. The van der Waals surface area contributed by atoms with Crippen LogP contribution in [0.1, 0.15) is 56.3 Å². The van der Waals surface area contributed by atoms with Crippen LogP contribution in [0.15, 0.2) is 12.1 Å². The number of hydrogen-bond acceptors (Lipinski definition) is 3. The molecule has 0 bridgehead atoms. The second kappa shape index (κ2) is 7.64. The van der Waals surface area contributed by atoms with Crippen LogP contribution in [-0.2, 0) is 0 Å². The minimum atomic E-state index is -0.0636. The lowest BCUT2D eigenvalue weighted by atomic mass is 10.1. The molecular weight excluding hydrogens is 286 g/mol. The van der Waals surface area contributed by atoms with Crippen molar-refractivity contribution in [1.82, 2.24) is 10.3 Å². The highest BCUT2D eigenvalue weighted by molar-refractivity contribution is 6.29. The topological polar surface area (TPSA) is 54.0 Å². The molecular formula is C16H24ClN3O. The van der Waals surface area contributed by atoms with E-state index in [-0.39, 0.29) is 11.9 Å². The fraction of sp³-hybridized carbons (Fsp3) is 0.625. The Hall–Kier alpha value is -1.29. The minimum absolute atomic E-state index is 0.0636. The van der Waals surface area contributed by atoms with Crippen molar-refractivity contribution in [2.75, 3.05) is 11.9 Å². The number of rotatable bonds is 8. The molecule has 1 fully saturated rings. The standard InChI is InChI=1S/C16H24ClN3O/c1-3-7-18-15-10-12(9-14(17)20-15)16(21)19-13(4-2)8-11-5-6-11/h9-11,13H,3-8H2,1-2H3,(H,18,20)(H,19,21). The highest BCUT2D eigenvalue weighted by Gasteiger charge is 2.25. The smallest absolute Gasteiger partial charge is 0.251 e. The van der Waals surface area contributed by atoms with Gasteiger partial charge in [-0.05, 0) is 37.3 Å². The summed E-state index contributed by atoms with van der Waals surface area (Å²) in [5.41, 5.74) is 0.572. The molecule has 1 atom stereocenters. The Morgan fingerprint density at radius 1 is 1.43 bits per heavy atom. The van der Waals surface area contributed by atoms with Crippen molar-refractivity contribution < 1.29 is 4.79 Å². The third-order valence-electron chi connectivity index (χ3n) is 3.76. The molecule has 4 nitrogen and oxygen atoms in total. The van der Waals surface area contributed by atoms with Gasteiger partial charge < -0.3 is 10.6 Å². The molecule has 0 aliphatic heterocycles. The zero-order valence-electron chi connectivity index (χ0n) is 12.8. The van der Waals surface area contributed by atoms with Crippen LogP contribution in [0.5, 0.6) is 0 Å². The van der Waals surface area contributed by atoms with E-state index in [4.69, 9.17) is 11.6 Å². The van der Waals surface area contributed by atoms with Gasteiger partial charge >= 0.3 is 0 Å². The number of amides is 1. The number of pyridine rings is 1. The lowest BCUT2D eigenvalue weighted by Gasteiger charge is -2.17. The number of hydrogen-bond donors (Lipinski definition) is 2. The van der Waals surface area contributed by atoms with Crippen LogP contribution in [0.3, 0.4) is 0 Å². The summed E-state index contributed by atoms with van der Waals surface area (Å²) < 4.78 is 0. The molecule has 1 aliphatic carbocycles. The van der Waals surface area contributed by atoms with Crippen LogP contribution >= 0.6 is 11.6 Å². The number of carbonyl (C=O) groups is 1. The van der Waals surface area contributed by atoms with E-state index in [0.717, 1.165) is 31.7 Å². The van der Waals surface area contributed by atoms with Crippen molar-refractivity contribution in [1.29, 1.82) is 0 Å². The molecule has 1 amide bonds. The number of anilines is 1. The molecule has 1 unspecified atom stereocenters. The number of nitrogens with zero attached hydrogens (tertiary/aromatic N) is 1. The van der Waals surface area contributed by atoms with Crippen LogP contribution in [-0.4, -0.2) is 23.5 Å². The van der Waals surface area contributed by atoms with E-state index < -0.39 is 0 Å². The maximum Gasteiger partial charge on any atom is 0.251 e. The summed E-state index contributed by atoms with van der Waals surface area (Å²) in [4.78, 5) is 16.6. The van der Waals surface area contributed by atoms with Gasteiger partial charge in [-0.1, -0.05) is 38.3 Å². The summed E-state index contributed by atoms with van der Waals surface area (Å²) in [5.74, 6) is 1.40. The lowest BCUT2D eigenvalue weighted by Crippen LogP contribution is -2.34. The van der Waals surface area contributed by atoms with Gasteiger partial charge in [0, 0.05) is 18.2 Å². The summed E-state index contributed by atoms with van der Waals surface area (Å²) in [6, 6.07) is 3.64. The Labute approximate surface area is 131 Å². The normalized spacial score (nSPS) is 15.6. The molecule has 1 aromatic heterocycles. The maximum atomic E-state index is 12.4. The van der Waals surface area contributed by atoms with Crippen LogP contribution < -0.4 is 10.6 Å². The highest BCUT2D eigenvalue weighted by Crippen LogP contribution is 2.34. The van der Waals surface area contributed by atoms with Crippen LogP contribution in [0.4, 0.5) is 5.82 Å². The highest BCUT2D eigenvalue weighted by atomic mass is 35.5. The van der Waals surface area contributed by atoms with Gasteiger partial charge in [0.25, 0.3) is 5.91 Å². The van der Waals surface area contributed by atoms with Crippen molar-refractivity contribution in [3.8, 4) is 0 Å². The molecule has 0 radical (unpaired) electrons. The summed E-state index contributed by atoms with van der Waals surface area (Å²) in [6.07, 6.45) is 5.65. The average molecular weight is 310 g/mol. The van der Waals surface area contributed by atoms with E-state index in [9.17, 15) is 4.79 Å². The Kier molecular flexibility index (Phi) is 5.85. The molecule has 1 aliphatic rings. The monoisotopic (exact) mass is 309 g/mol. The van der Waals surface area contributed by atoms with Gasteiger partial charge in [0.15, 0.2) is 0 Å². The third kappa shape index (κ3) is 5.20. The van der Waals surface area contributed by atoms with Gasteiger partial charge in [0.05, 0.1) is 0 Å². The largest absolute Gasteiger partial charge is 0.370 e. The molecule has 1 heterocycles. The maximum absolute atomic E-state index is 12.4. The first kappa shape index (κ1) is 16.1. The van der Waals surface area contributed by atoms with Gasteiger partial charge in [-0.15, -0.1) is 0 Å². The Balaban J connectivity index is 2.00. The summed E-state index contributed by atoms with van der Waals surface area (Å²) in [6.45, 7) is 5.00. The van der Waals surface area contributed by atoms with Gasteiger partial charge in [-0.3, -0.25) is 4.79 Å². The molecule has 1 saturated carbocycles. The summed E-state index contributed by atoms with van der Waals surface area (Å²) in [7, 11) is 0. The molecule has 0 spiro atoms. The van der Waals surface area contributed by atoms with Crippen molar-refractivity contribution >= 4 is 23.3 Å². The molecule has 0 saturated heterocycles. The summed E-state index contributed by atoms with van der Waals surface area (Å²) in [5, 5.41) is 6.62. The molecule has 1 aromatic rings. The Bertz CT molecular complexity index is 488. The number of carbonyl (C=O) groups excluding carboxylic acids is 1. The zero-order valence-corrected chi connectivity index (χ0v) is 13.5.